The largest absolute Gasteiger partial charge is 0.368 e. The summed E-state index contributed by atoms with van der Waals surface area (Å²) in [5.74, 6) is 0.485. The van der Waals surface area contributed by atoms with Gasteiger partial charge in [-0.1, -0.05) is 11.6 Å². The highest BCUT2D eigenvalue weighted by Gasteiger charge is 2.34. The molecule has 0 bridgehead atoms. The molecule has 0 unspecified atom stereocenters. The predicted molar refractivity (Wildman–Crippen MR) is 80.2 cm³/mol. The molecule has 0 N–H and O–H groups in total. The molecule has 1 saturated carbocycles. The van der Waals surface area contributed by atoms with Crippen LogP contribution in [0.4, 0.5) is 5.69 Å². The van der Waals surface area contributed by atoms with Crippen molar-refractivity contribution in [2.75, 3.05) is 18.1 Å². The van der Waals surface area contributed by atoms with Crippen LogP contribution in [0, 0.1) is 17.2 Å². The van der Waals surface area contributed by atoms with Crippen LogP contribution < -0.4 is 4.90 Å². The van der Waals surface area contributed by atoms with Crippen molar-refractivity contribution in [3.63, 3.8) is 0 Å². The summed E-state index contributed by atoms with van der Waals surface area (Å²) < 4.78 is 5.52. The van der Waals surface area contributed by atoms with E-state index in [0.717, 1.165) is 25.7 Å². The number of ether oxygens (including phenoxy) is 1. The van der Waals surface area contributed by atoms with Crippen LogP contribution in [0.5, 0.6) is 0 Å². The van der Waals surface area contributed by atoms with Crippen molar-refractivity contribution >= 4 is 23.2 Å². The van der Waals surface area contributed by atoms with Crippen molar-refractivity contribution in [2.45, 2.75) is 31.8 Å². The minimum atomic E-state index is -0.380. The first kappa shape index (κ1) is 14.4. The quantitative estimate of drug-likeness (QED) is 0.858. The Labute approximate surface area is 129 Å². The number of hydrogen-bond acceptors (Lipinski definition) is 3. The van der Waals surface area contributed by atoms with E-state index in [2.05, 4.69) is 6.07 Å². The van der Waals surface area contributed by atoms with Crippen molar-refractivity contribution in [1.82, 2.24) is 0 Å². The monoisotopic (exact) mass is 304 g/mol. The van der Waals surface area contributed by atoms with Crippen LogP contribution in [0.3, 0.4) is 0 Å². The molecule has 0 spiro atoms. The highest BCUT2D eigenvalue weighted by atomic mass is 35.5. The second-order valence-electron chi connectivity index (χ2n) is 5.67. The van der Waals surface area contributed by atoms with Crippen LogP contribution in [-0.4, -0.2) is 25.2 Å². The molecule has 2 aliphatic rings. The molecule has 0 radical (unpaired) electrons. The SMILES string of the molecule is N#Cc1ccc(Cl)cc1N(CC1CC1)C(=O)[C@@H]1CCCO1. The molecule has 2 fully saturated rings. The van der Waals surface area contributed by atoms with Crippen molar-refractivity contribution < 1.29 is 9.53 Å². The van der Waals surface area contributed by atoms with Gasteiger partial charge in [0.25, 0.3) is 5.91 Å². The third-order valence-electron chi connectivity index (χ3n) is 3.98. The maximum atomic E-state index is 12.7. The number of nitrogens with zero attached hydrogens (tertiary/aromatic N) is 2. The van der Waals surface area contributed by atoms with Gasteiger partial charge in [0.1, 0.15) is 12.2 Å². The lowest BCUT2D eigenvalue weighted by atomic mass is 10.1. The topological polar surface area (TPSA) is 53.3 Å². The fraction of sp³-hybridized carbons (Fsp3) is 0.500. The lowest BCUT2D eigenvalue weighted by Crippen LogP contribution is -2.40. The van der Waals surface area contributed by atoms with E-state index in [1.54, 1.807) is 23.1 Å². The molecule has 0 aromatic heterocycles. The zero-order chi connectivity index (χ0) is 14.8. The van der Waals surface area contributed by atoms with Gasteiger partial charge in [-0.3, -0.25) is 4.79 Å². The molecule has 1 aromatic rings. The second kappa shape index (κ2) is 6.05. The molecule has 1 aliphatic carbocycles. The Balaban J connectivity index is 1.92. The van der Waals surface area contributed by atoms with Gasteiger partial charge in [0.05, 0.1) is 11.3 Å². The van der Waals surface area contributed by atoms with Gasteiger partial charge < -0.3 is 9.64 Å². The van der Waals surface area contributed by atoms with E-state index in [9.17, 15) is 10.1 Å². The summed E-state index contributed by atoms with van der Waals surface area (Å²) in [7, 11) is 0. The van der Waals surface area contributed by atoms with E-state index in [1.165, 1.54) is 0 Å². The average molecular weight is 305 g/mol. The van der Waals surface area contributed by atoms with Gasteiger partial charge in [-0.05, 0) is 49.8 Å². The number of halogens is 1. The number of benzene rings is 1. The summed E-state index contributed by atoms with van der Waals surface area (Å²) in [4.78, 5) is 14.4. The van der Waals surface area contributed by atoms with Crippen molar-refractivity contribution in [1.29, 1.82) is 5.26 Å². The lowest BCUT2D eigenvalue weighted by Gasteiger charge is -2.26. The van der Waals surface area contributed by atoms with Gasteiger partial charge >= 0.3 is 0 Å². The number of nitriles is 1. The smallest absolute Gasteiger partial charge is 0.256 e. The summed E-state index contributed by atoms with van der Waals surface area (Å²) in [5, 5.41) is 9.83. The lowest BCUT2D eigenvalue weighted by molar-refractivity contribution is -0.127. The third-order valence-corrected chi connectivity index (χ3v) is 4.21. The van der Waals surface area contributed by atoms with Crippen LogP contribution in [0.15, 0.2) is 18.2 Å². The number of rotatable bonds is 4. The van der Waals surface area contributed by atoms with E-state index in [0.29, 0.717) is 35.3 Å². The minimum absolute atomic E-state index is 0.0434. The highest BCUT2D eigenvalue weighted by Crippen LogP contribution is 2.34. The number of carbonyl (C=O) groups is 1. The van der Waals surface area contributed by atoms with Gasteiger partial charge in [-0.15, -0.1) is 0 Å². The van der Waals surface area contributed by atoms with Crippen molar-refractivity contribution in [3.8, 4) is 6.07 Å². The summed E-state index contributed by atoms with van der Waals surface area (Å²) in [6.07, 6.45) is 3.56. The van der Waals surface area contributed by atoms with Crippen LogP contribution in [-0.2, 0) is 9.53 Å². The van der Waals surface area contributed by atoms with Crippen molar-refractivity contribution in [2.24, 2.45) is 5.92 Å². The molecule has 21 heavy (non-hydrogen) atoms. The van der Waals surface area contributed by atoms with Gasteiger partial charge in [0.15, 0.2) is 0 Å². The molecular weight excluding hydrogens is 288 g/mol. The molecular formula is C16H17ClN2O2. The number of hydrogen-bond donors (Lipinski definition) is 0. The number of anilines is 1. The third kappa shape index (κ3) is 3.20. The molecule has 3 rings (SSSR count). The van der Waals surface area contributed by atoms with Gasteiger partial charge in [-0.25, -0.2) is 0 Å². The molecule has 1 heterocycles. The molecule has 1 atom stereocenters. The zero-order valence-corrected chi connectivity index (χ0v) is 12.5. The highest BCUT2D eigenvalue weighted by molar-refractivity contribution is 6.31. The Morgan fingerprint density at radius 2 is 2.24 bits per heavy atom. The van der Waals surface area contributed by atoms with Crippen LogP contribution in [0.1, 0.15) is 31.2 Å². The van der Waals surface area contributed by atoms with E-state index in [-0.39, 0.29) is 12.0 Å². The summed E-state index contributed by atoms with van der Waals surface area (Å²) in [5.41, 5.74) is 1.09. The van der Waals surface area contributed by atoms with E-state index >= 15 is 0 Å². The molecule has 5 heteroatoms. The standard InChI is InChI=1S/C16H17ClN2O2/c17-13-6-5-12(9-18)14(8-13)19(10-11-3-4-11)16(20)15-2-1-7-21-15/h5-6,8,11,15H,1-4,7,10H2/t15-/m0/s1. The summed E-state index contributed by atoms with van der Waals surface area (Å²) >= 11 is 6.06. The molecule has 1 amide bonds. The Kier molecular flexibility index (Phi) is 4.14. The summed E-state index contributed by atoms with van der Waals surface area (Å²) in [6, 6.07) is 7.20. The first-order valence-corrected chi connectivity index (χ1v) is 7.69. The normalized spacial score (nSPS) is 21.0. The molecule has 1 aromatic carbocycles. The van der Waals surface area contributed by atoms with Crippen LogP contribution in [0.2, 0.25) is 5.02 Å². The Hall–Kier alpha value is -1.57. The maximum Gasteiger partial charge on any atom is 0.256 e. The zero-order valence-electron chi connectivity index (χ0n) is 11.7. The fourth-order valence-electron chi connectivity index (χ4n) is 2.63. The Morgan fingerprint density at radius 1 is 1.43 bits per heavy atom. The predicted octanol–water partition coefficient (Wildman–Crippen LogP) is 3.13. The van der Waals surface area contributed by atoms with Gasteiger partial charge in [0.2, 0.25) is 0 Å². The van der Waals surface area contributed by atoms with Crippen molar-refractivity contribution in [3.05, 3.63) is 28.8 Å². The Morgan fingerprint density at radius 3 is 2.86 bits per heavy atom. The van der Waals surface area contributed by atoms with Crippen LogP contribution >= 0.6 is 11.6 Å². The maximum absolute atomic E-state index is 12.7. The van der Waals surface area contributed by atoms with E-state index < -0.39 is 0 Å². The molecule has 110 valence electrons. The summed E-state index contributed by atoms with van der Waals surface area (Å²) in [6.45, 7) is 1.28. The fourth-order valence-corrected chi connectivity index (χ4v) is 2.80. The van der Waals surface area contributed by atoms with Gasteiger partial charge in [0, 0.05) is 18.2 Å². The molecule has 1 saturated heterocycles. The number of carbonyl (C=O) groups excluding carboxylic acids is 1. The number of amides is 1. The van der Waals surface area contributed by atoms with Gasteiger partial charge in [-0.2, -0.15) is 5.26 Å². The first-order chi connectivity index (χ1) is 10.2. The Bertz CT molecular complexity index is 586. The molecule has 4 nitrogen and oxygen atoms in total. The van der Waals surface area contributed by atoms with E-state index in [1.807, 2.05) is 0 Å². The van der Waals surface area contributed by atoms with E-state index in [4.69, 9.17) is 16.3 Å². The first-order valence-electron chi connectivity index (χ1n) is 7.31. The average Bonchev–Trinajstić information content (AvgIpc) is 3.14. The van der Waals surface area contributed by atoms with Crippen LogP contribution in [0.25, 0.3) is 0 Å². The minimum Gasteiger partial charge on any atom is -0.368 e. The molecule has 1 aliphatic heterocycles. The second-order valence-corrected chi connectivity index (χ2v) is 6.10.